The maximum absolute atomic E-state index is 12.6. The van der Waals surface area contributed by atoms with Gasteiger partial charge in [0.15, 0.2) is 0 Å². The molecule has 2 fully saturated rings. The van der Waals surface area contributed by atoms with Crippen molar-refractivity contribution >= 4 is 41.2 Å². The van der Waals surface area contributed by atoms with Crippen LogP contribution in [0, 0.1) is 0 Å². The highest BCUT2D eigenvalue weighted by Crippen LogP contribution is 2.26. The minimum atomic E-state index is -0.313. The van der Waals surface area contributed by atoms with E-state index in [1.807, 2.05) is 23.9 Å². The number of carbonyl (C=O) groups is 3. The molecule has 3 rings (SSSR count). The van der Waals surface area contributed by atoms with E-state index < -0.39 is 0 Å². The number of rotatable bonds is 9. The Bertz CT molecular complexity index is 711. The van der Waals surface area contributed by atoms with Crippen LogP contribution in [0.15, 0.2) is 24.3 Å². The van der Waals surface area contributed by atoms with Crippen molar-refractivity contribution in [2.75, 3.05) is 36.2 Å². The predicted molar refractivity (Wildman–Crippen MR) is 114 cm³/mol. The van der Waals surface area contributed by atoms with E-state index in [1.165, 1.54) is 6.42 Å². The summed E-state index contributed by atoms with van der Waals surface area (Å²) in [6, 6.07) is 6.97. The molecule has 0 aliphatic carbocycles. The SMILES string of the molecule is CCCSCCCNC(=O)c1ccc(CN2CC(=O)N3CSC[C@H]3C2=O)cc1. The summed E-state index contributed by atoms with van der Waals surface area (Å²) in [6.45, 7) is 3.38. The van der Waals surface area contributed by atoms with Gasteiger partial charge < -0.3 is 15.1 Å². The molecule has 3 amide bonds. The van der Waals surface area contributed by atoms with E-state index in [-0.39, 0.29) is 30.3 Å². The van der Waals surface area contributed by atoms with Crippen LogP contribution >= 0.6 is 23.5 Å². The third-order valence-corrected chi connectivity index (χ3v) is 7.10. The van der Waals surface area contributed by atoms with Crippen molar-refractivity contribution < 1.29 is 14.4 Å². The molecule has 0 bridgehead atoms. The van der Waals surface area contributed by atoms with E-state index in [0.29, 0.717) is 30.3 Å². The Morgan fingerprint density at radius 1 is 1.25 bits per heavy atom. The average molecular weight is 422 g/mol. The monoisotopic (exact) mass is 421 g/mol. The molecule has 1 aromatic carbocycles. The van der Waals surface area contributed by atoms with Crippen LogP contribution in [0.25, 0.3) is 0 Å². The lowest BCUT2D eigenvalue weighted by Gasteiger charge is -2.35. The Morgan fingerprint density at radius 2 is 2.04 bits per heavy atom. The molecule has 0 aromatic heterocycles. The molecule has 8 heteroatoms. The molecule has 28 heavy (non-hydrogen) atoms. The second kappa shape index (κ2) is 10.2. The minimum Gasteiger partial charge on any atom is -0.352 e. The molecule has 1 N–H and O–H groups in total. The van der Waals surface area contributed by atoms with Crippen LogP contribution < -0.4 is 5.32 Å². The summed E-state index contributed by atoms with van der Waals surface area (Å²) in [5.41, 5.74) is 1.54. The quantitative estimate of drug-likeness (QED) is 0.619. The number of nitrogens with one attached hydrogen (secondary N) is 1. The second-order valence-electron chi connectivity index (χ2n) is 6.99. The fraction of sp³-hybridized carbons (Fsp3) is 0.550. The summed E-state index contributed by atoms with van der Waals surface area (Å²) in [6.07, 6.45) is 2.15. The minimum absolute atomic E-state index is 0.0164. The standard InChI is InChI=1S/C20H27N3O3S2/c1-2-9-27-10-3-8-21-19(25)16-6-4-15(5-7-16)11-22-12-18(24)23-14-28-13-17(23)20(22)26/h4-7,17H,2-3,8-14H2,1H3,(H,21,25)/t17-/m0/s1. The van der Waals surface area contributed by atoms with Gasteiger partial charge >= 0.3 is 0 Å². The second-order valence-corrected chi connectivity index (χ2v) is 9.22. The molecule has 2 saturated heterocycles. The number of benzene rings is 1. The van der Waals surface area contributed by atoms with E-state index in [4.69, 9.17) is 0 Å². The van der Waals surface area contributed by atoms with Crippen LogP contribution in [0.3, 0.4) is 0 Å². The molecule has 0 radical (unpaired) electrons. The zero-order valence-electron chi connectivity index (χ0n) is 16.2. The van der Waals surface area contributed by atoms with Crippen LogP contribution in [-0.2, 0) is 16.1 Å². The molecule has 1 atom stereocenters. The number of nitrogens with zero attached hydrogens (tertiary/aromatic N) is 2. The zero-order valence-corrected chi connectivity index (χ0v) is 17.8. The van der Waals surface area contributed by atoms with E-state index >= 15 is 0 Å². The number of thioether (sulfide) groups is 2. The lowest BCUT2D eigenvalue weighted by molar-refractivity contribution is -0.153. The highest BCUT2D eigenvalue weighted by atomic mass is 32.2. The number of fused-ring (bicyclic) bond motifs is 1. The van der Waals surface area contributed by atoms with Gasteiger partial charge in [0.05, 0.1) is 5.88 Å². The summed E-state index contributed by atoms with van der Waals surface area (Å²) in [5.74, 6) is 3.48. The largest absolute Gasteiger partial charge is 0.352 e. The fourth-order valence-corrected chi connectivity index (χ4v) is 5.29. The highest BCUT2D eigenvalue weighted by molar-refractivity contribution is 7.99. The maximum atomic E-state index is 12.6. The van der Waals surface area contributed by atoms with Gasteiger partial charge in [-0.15, -0.1) is 11.8 Å². The highest BCUT2D eigenvalue weighted by Gasteiger charge is 2.42. The van der Waals surface area contributed by atoms with Crippen molar-refractivity contribution in [3.63, 3.8) is 0 Å². The molecule has 2 aliphatic rings. The Morgan fingerprint density at radius 3 is 2.79 bits per heavy atom. The van der Waals surface area contributed by atoms with Gasteiger partial charge in [-0.25, -0.2) is 0 Å². The van der Waals surface area contributed by atoms with E-state index in [0.717, 1.165) is 23.5 Å². The van der Waals surface area contributed by atoms with E-state index in [2.05, 4.69) is 12.2 Å². The molecular weight excluding hydrogens is 394 g/mol. The molecular formula is C20H27N3O3S2. The first-order valence-electron chi connectivity index (χ1n) is 9.71. The predicted octanol–water partition coefficient (Wildman–Crippen LogP) is 2.19. The van der Waals surface area contributed by atoms with Gasteiger partial charge in [-0.1, -0.05) is 19.1 Å². The van der Waals surface area contributed by atoms with E-state index in [1.54, 1.807) is 33.7 Å². The first-order valence-corrected chi connectivity index (χ1v) is 12.0. The van der Waals surface area contributed by atoms with Gasteiger partial charge in [0, 0.05) is 24.4 Å². The molecule has 2 aliphatic heterocycles. The van der Waals surface area contributed by atoms with Crippen LogP contribution in [0.1, 0.15) is 35.7 Å². The Kier molecular flexibility index (Phi) is 7.67. The van der Waals surface area contributed by atoms with Crippen LogP contribution in [0.4, 0.5) is 0 Å². The Balaban J connectivity index is 1.48. The fourth-order valence-electron chi connectivity index (χ4n) is 3.28. The molecule has 1 aromatic rings. The topological polar surface area (TPSA) is 69.7 Å². The number of hydrogen-bond acceptors (Lipinski definition) is 5. The summed E-state index contributed by atoms with van der Waals surface area (Å²) in [7, 11) is 0. The first kappa shape index (κ1) is 21.0. The molecule has 0 unspecified atom stereocenters. The Labute approximate surface area is 174 Å². The summed E-state index contributed by atoms with van der Waals surface area (Å²) in [4.78, 5) is 40.3. The van der Waals surface area contributed by atoms with Gasteiger partial charge in [-0.05, 0) is 42.0 Å². The van der Waals surface area contributed by atoms with Crippen molar-refractivity contribution in [2.45, 2.75) is 32.4 Å². The number of piperazine rings is 1. The van der Waals surface area contributed by atoms with Crippen molar-refractivity contribution in [1.82, 2.24) is 15.1 Å². The van der Waals surface area contributed by atoms with Gasteiger partial charge in [-0.2, -0.15) is 11.8 Å². The molecule has 0 spiro atoms. The normalized spacial score (nSPS) is 19.1. The van der Waals surface area contributed by atoms with Crippen LogP contribution in [-0.4, -0.2) is 69.8 Å². The lowest BCUT2D eigenvalue weighted by Crippen LogP contribution is -2.57. The molecule has 152 valence electrons. The average Bonchev–Trinajstić information content (AvgIpc) is 3.20. The molecule has 6 nitrogen and oxygen atoms in total. The smallest absolute Gasteiger partial charge is 0.251 e. The number of carbonyl (C=O) groups excluding carboxylic acids is 3. The molecule has 0 saturated carbocycles. The van der Waals surface area contributed by atoms with Crippen LogP contribution in [0.2, 0.25) is 0 Å². The zero-order chi connectivity index (χ0) is 19.9. The summed E-state index contributed by atoms with van der Waals surface area (Å²) < 4.78 is 0. The lowest BCUT2D eigenvalue weighted by atomic mass is 10.1. The summed E-state index contributed by atoms with van der Waals surface area (Å²) >= 11 is 3.54. The van der Waals surface area contributed by atoms with Crippen molar-refractivity contribution in [1.29, 1.82) is 0 Å². The van der Waals surface area contributed by atoms with Gasteiger partial charge in [-0.3, -0.25) is 14.4 Å². The van der Waals surface area contributed by atoms with Crippen molar-refractivity contribution in [3.05, 3.63) is 35.4 Å². The van der Waals surface area contributed by atoms with Gasteiger partial charge in [0.1, 0.15) is 12.6 Å². The van der Waals surface area contributed by atoms with Crippen molar-refractivity contribution in [3.8, 4) is 0 Å². The third kappa shape index (κ3) is 5.23. The first-order chi connectivity index (χ1) is 13.6. The van der Waals surface area contributed by atoms with Crippen molar-refractivity contribution in [2.24, 2.45) is 0 Å². The Hall–Kier alpha value is -1.67. The number of amides is 3. The summed E-state index contributed by atoms with van der Waals surface area (Å²) in [5, 5.41) is 2.95. The van der Waals surface area contributed by atoms with Gasteiger partial charge in [0.25, 0.3) is 5.91 Å². The number of hydrogen-bond donors (Lipinski definition) is 1. The van der Waals surface area contributed by atoms with Crippen LogP contribution in [0.5, 0.6) is 0 Å². The maximum Gasteiger partial charge on any atom is 0.251 e. The van der Waals surface area contributed by atoms with E-state index in [9.17, 15) is 14.4 Å². The molecule has 2 heterocycles. The third-order valence-electron chi connectivity index (χ3n) is 4.81. The van der Waals surface area contributed by atoms with Gasteiger partial charge in [0.2, 0.25) is 11.8 Å².